The number of aromatic carboxylic acids is 1. The van der Waals surface area contributed by atoms with Crippen LogP contribution in [0.5, 0.6) is 5.75 Å². The summed E-state index contributed by atoms with van der Waals surface area (Å²) in [5.74, 6) is -0.929. The summed E-state index contributed by atoms with van der Waals surface area (Å²) in [5.41, 5.74) is 0.380. The molecule has 2 aromatic rings. The number of carbonyl (C=O) groups is 1. The SMILES string of the molecule is Cc1nc(COc2ccc(F)cc2Cl)ncc1C(=O)O. The Labute approximate surface area is 119 Å². The first-order valence-corrected chi connectivity index (χ1v) is 5.99. The van der Waals surface area contributed by atoms with Gasteiger partial charge in [-0.25, -0.2) is 19.2 Å². The number of aryl methyl sites for hydroxylation is 1. The fourth-order valence-electron chi connectivity index (χ4n) is 1.53. The lowest BCUT2D eigenvalue weighted by Crippen LogP contribution is -2.08. The third-order valence-corrected chi connectivity index (χ3v) is 2.81. The Balaban J connectivity index is 2.11. The summed E-state index contributed by atoms with van der Waals surface area (Å²) < 4.78 is 18.2. The Morgan fingerprint density at radius 1 is 1.50 bits per heavy atom. The molecule has 1 aromatic heterocycles. The molecule has 0 atom stereocenters. The van der Waals surface area contributed by atoms with Gasteiger partial charge in [-0.2, -0.15) is 0 Å². The van der Waals surface area contributed by atoms with E-state index in [0.717, 1.165) is 6.07 Å². The van der Waals surface area contributed by atoms with E-state index < -0.39 is 11.8 Å². The summed E-state index contributed by atoms with van der Waals surface area (Å²) in [5, 5.41) is 9.01. The highest BCUT2D eigenvalue weighted by Crippen LogP contribution is 2.25. The van der Waals surface area contributed by atoms with Gasteiger partial charge in [0.05, 0.1) is 16.3 Å². The molecule has 1 aromatic carbocycles. The molecule has 7 heteroatoms. The zero-order valence-electron chi connectivity index (χ0n) is 10.4. The van der Waals surface area contributed by atoms with Crippen molar-refractivity contribution in [2.45, 2.75) is 13.5 Å². The smallest absolute Gasteiger partial charge is 0.339 e. The molecule has 0 aliphatic heterocycles. The van der Waals surface area contributed by atoms with Gasteiger partial charge in [0.2, 0.25) is 0 Å². The summed E-state index contributed by atoms with van der Waals surface area (Å²) in [4.78, 5) is 18.7. The third-order valence-electron chi connectivity index (χ3n) is 2.51. The van der Waals surface area contributed by atoms with Crippen LogP contribution in [0.15, 0.2) is 24.4 Å². The average molecular weight is 297 g/mol. The van der Waals surface area contributed by atoms with Crippen molar-refractivity contribution in [3.05, 3.63) is 52.3 Å². The van der Waals surface area contributed by atoms with Crippen LogP contribution in [-0.2, 0) is 6.61 Å². The Morgan fingerprint density at radius 2 is 2.25 bits per heavy atom. The number of aromatic nitrogens is 2. The van der Waals surface area contributed by atoms with Crippen molar-refractivity contribution in [2.24, 2.45) is 0 Å². The van der Waals surface area contributed by atoms with Gasteiger partial charge in [-0.1, -0.05) is 11.6 Å². The van der Waals surface area contributed by atoms with Gasteiger partial charge in [0, 0.05) is 6.20 Å². The molecule has 0 radical (unpaired) electrons. The number of ether oxygens (including phenoxy) is 1. The fourth-order valence-corrected chi connectivity index (χ4v) is 1.75. The topological polar surface area (TPSA) is 72.3 Å². The summed E-state index contributed by atoms with van der Waals surface area (Å²) >= 11 is 5.81. The van der Waals surface area contributed by atoms with Crippen LogP contribution in [0.25, 0.3) is 0 Å². The number of hydrogen-bond donors (Lipinski definition) is 1. The maximum Gasteiger partial charge on any atom is 0.339 e. The maximum absolute atomic E-state index is 12.9. The highest BCUT2D eigenvalue weighted by molar-refractivity contribution is 6.32. The Kier molecular flexibility index (Phi) is 4.14. The van der Waals surface area contributed by atoms with E-state index in [2.05, 4.69) is 9.97 Å². The van der Waals surface area contributed by atoms with E-state index in [1.54, 1.807) is 6.92 Å². The molecule has 0 aliphatic rings. The van der Waals surface area contributed by atoms with Crippen molar-refractivity contribution in [1.29, 1.82) is 0 Å². The molecule has 5 nitrogen and oxygen atoms in total. The first-order valence-electron chi connectivity index (χ1n) is 5.61. The van der Waals surface area contributed by atoms with Gasteiger partial charge in [-0.15, -0.1) is 0 Å². The predicted molar refractivity (Wildman–Crippen MR) is 69.5 cm³/mol. The second-order valence-electron chi connectivity index (χ2n) is 3.95. The summed E-state index contributed by atoms with van der Waals surface area (Å²) in [6.45, 7) is 1.57. The van der Waals surface area contributed by atoms with Gasteiger partial charge in [0.15, 0.2) is 5.82 Å². The summed E-state index contributed by atoms with van der Waals surface area (Å²) in [7, 11) is 0. The van der Waals surface area contributed by atoms with Crippen LogP contribution in [0.2, 0.25) is 5.02 Å². The summed E-state index contributed by atoms with van der Waals surface area (Å²) in [6, 6.07) is 3.76. The Morgan fingerprint density at radius 3 is 2.85 bits per heavy atom. The molecule has 0 spiro atoms. The molecule has 0 aliphatic carbocycles. The minimum absolute atomic E-state index is 0.00604. The quantitative estimate of drug-likeness (QED) is 0.939. The summed E-state index contributed by atoms with van der Waals surface area (Å²) in [6.07, 6.45) is 1.22. The highest BCUT2D eigenvalue weighted by Gasteiger charge is 2.11. The van der Waals surface area contributed by atoms with Crippen molar-refractivity contribution >= 4 is 17.6 Å². The van der Waals surface area contributed by atoms with Crippen LogP contribution in [0.4, 0.5) is 4.39 Å². The van der Waals surface area contributed by atoms with Crippen LogP contribution in [-0.4, -0.2) is 21.0 Å². The minimum atomic E-state index is -1.09. The zero-order valence-corrected chi connectivity index (χ0v) is 11.2. The van der Waals surface area contributed by atoms with Gasteiger partial charge in [-0.05, 0) is 25.1 Å². The van der Waals surface area contributed by atoms with E-state index in [9.17, 15) is 9.18 Å². The second-order valence-corrected chi connectivity index (χ2v) is 4.36. The van der Waals surface area contributed by atoms with Crippen LogP contribution in [0.3, 0.4) is 0 Å². The number of carboxylic acid groups (broad SMARTS) is 1. The number of carboxylic acids is 1. The lowest BCUT2D eigenvalue weighted by molar-refractivity contribution is 0.0695. The Hall–Kier alpha value is -2.21. The Bertz CT molecular complexity index is 664. The van der Waals surface area contributed by atoms with E-state index in [0.29, 0.717) is 17.3 Å². The maximum atomic E-state index is 12.9. The molecule has 0 fully saturated rings. The molecule has 104 valence electrons. The molecule has 0 saturated heterocycles. The first-order chi connectivity index (χ1) is 9.47. The third kappa shape index (κ3) is 3.21. The fraction of sp³-hybridized carbons (Fsp3) is 0.154. The number of rotatable bonds is 4. The van der Waals surface area contributed by atoms with Gasteiger partial charge >= 0.3 is 5.97 Å². The van der Waals surface area contributed by atoms with Crippen LogP contribution < -0.4 is 4.74 Å². The van der Waals surface area contributed by atoms with Crippen molar-refractivity contribution < 1.29 is 19.0 Å². The monoisotopic (exact) mass is 296 g/mol. The molecule has 0 saturated carbocycles. The zero-order chi connectivity index (χ0) is 14.7. The molecule has 20 heavy (non-hydrogen) atoms. The van der Waals surface area contributed by atoms with E-state index in [-0.39, 0.29) is 17.2 Å². The molecule has 1 heterocycles. The second kappa shape index (κ2) is 5.83. The molecule has 2 rings (SSSR count). The van der Waals surface area contributed by atoms with Crippen molar-refractivity contribution in [1.82, 2.24) is 9.97 Å². The van der Waals surface area contributed by atoms with Gasteiger partial charge < -0.3 is 9.84 Å². The molecular formula is C13H10ClFN2O3. The lowest BCUT2D eigenvalue weighted by atomic mass is 10.2. The van der Waals surface area contributed by atoms with Crippen LogP contribution >= 0.6 is 11.6 Å². The normalized spacial score (nSPS) is 10.3. The van der Waals surface area contributed by atoms with Crippen molar-refractivity contribution in [3.8, 4) is 5.75 Å². The van der Waals surface area contributed by atoms with Gasteiger partial charge in [0.25, 0.3) is 0 Å². The van der Waals surface area contributed by atoms with Gasteiger partial charge in [0.1, 0.15) is 18.2 Å². The standard InChI is InChI=1S/C13H10ClFN2O3/c1-7-9(13(18)19)5-16-12(17-7)6-20-11-3-2-8(15)4-10(11)14/h2-5H,6H2,1H3,(H,18,19). The molecule has 1 N–H and O–H groups in total. The van der Waals surface area contributed by atoms with Crippen LogP contribution in [0.1, 0.15) is 21.9 Å². The van der Waals surface area contributed by atoms with Crippen molar-refractivity contribution in [3.63, 3.8) is 0 Å². The first kappa shape index (κ1) is 14.2. The van der Waals surface area contributed by atoms with E-state index in [4.69, 9.17) is 21.4 Å². The largest absolute Gasteiger partial charge is 0.484 e. The van der Waals surface area contributed by atoms with Crippen molar-refractivity contribution in [2.75, 3.05) is 0 Å². The predicted octanol–water partition coefficient (Wildman–Crippen LogP) is 2.85. The number of nitrogens with zero attached hydrogens (tertiary/aromatic N) is 2. The number of benzene rings is 1. The van der Waals surface area contributed by atoms with Crippen LogP contribution in [0, 0.1) is 12.7 Å². The van der Waals surface area contributed by atoms with Gasteiger partial charge in [-0.3, -0.25) is 0 Å². The highest BCUT2D eigenvalue weighted by atomic mass is 35.5. The van der Waals surface area contributed by atoms with E-state index >= 15 is 0 Å². The number of hydrogen-bond acceptors (Lipinski definition) is 4. The molecule has 0 unspecified atom stereocenters. The minimum Gasteiger partial charge on any atom is -0.484 e. The molecular weight excluding hydrogens is 287 g/mol. The number of halogens is 2. The van der Waals surface area contributed by atoms with E-state index in [1.165, 1.54) is 18.3 Å². The van der Waals surface area contributed by atoms with E-state index in [1.807, 2.05) is 0 Å². The average Bonchev–Trinajstić information content (AvgIpc) is 2.37. The molecule has 0 amide bonds. The lowest BCUT2D eigenvalue weighted by Gasteiger charge is -2.08. The molecule has 0 bridgehead atoms.